The third kappa shape index (κ3) is 3.58. The van der Waals surface area contributed by atoms with E-state index in [2.05, 4.69) is 37.1 Å². The Bertz CT molecular complexity index is 863. The lowest BCUT2D eigenvalue weighted by Crippen LogP contribution is -2.32. The quantitative estimate of drug-likeness (QED) is 0.648. The van der Waals surface area contributed by atoms with E-state index >= 15 is 0 Å². The van der Waals surface area contributed by atoms with Crippen molar-refractivity contribution in [1.82, 2.24) is 25.3 Å². The molecule has 3 aromatic rings. The van der Waals surface area contributed by atoms with Crippen molar-refractivity contribution >= 4 is 16.9 Å². The van der Waals surface area contributed by atoms with E-state index in [0.717, 1.165) is 22.6 Å². The van der Waals surface area contributed by atoms with E-state index in [-0.39, 0.29) is 11.9 Å². The van der Waals surface area contributed by atoms with Crippen LogP contribution in [-0.2, 0) is 0 Å². The Morgan fingerprint density at radius 3 is 2.91 bits per heavy atom. The second-order valence-corrected chi connectivity index (χ2v) is 5.37. The number of carbonyl (C=O) groups is 1. The normalized spacial score (nSPS) is 11.7. The largest absolute Gasteiger partial charge is 0.346 e. The second kappa shape index (κ2) is 6.36. The molecule has 0 aliphatic carbocycles. The number of fused-ring (bicyclic) bond motifs is 1. The Hall–Kier alpha value is -3.07. The average molecular weight is 307 g/mol. The highest BCUT2D eigenvalue weighted by molar-refractivity contribution is 5.94. The third-order valence-corrected chi connectivity index (χ3v) is 3.32. The van der Waals surface area contributed by atoms with Gasteiger partial charge < -0.3 is 15.3 Å². The molecular weight excluding hydrogens is 290 g/mol. The van der Waals surface area contributed by atoms with Crippen LogP contribution in [0, 0.1) is 18.8 Å². The molecule has 1 aromatic carbocycles. The highest BCUT2D eigenvalue weighted by Crippen LogP contribution is 2.10. The summed E-state index contributed by atoms with van der Waals surface area (Å²) in [5.41, 5.74) is 2.40. The highest BCUT2D eigenvalue weighted by atomic mass is 16.2. The Morgan fingerprint density at radius 1 is 1.35 bits per heavy atom. The number of imidazole rings is 2. The van der Waals surface area contributed by atoms with Crippen molar-refractivity contribution in [3.05, 3.63) is 47.8 Å². The third-order valence-electron chi connectivity index (χ3n) is 3.32. The fraction of sp³-hybridized carbons (Fsp3) is 0.235. The van der Waals surface area contributed by atoms with Gasteiger partial charge in [-0.05, 0) is 31.9 Å². The fourth-order valence-electron chi connectivity index (χ4n) is 2.19. The van der Waals surface area contributed by atoms with Crippen LogP contribution in [0.15, 0.2) is 30.5 Å². The first-order valence-corrected chi connectivity index (χ1v) is 7.38. The van der Waals surface area contributed by atoms with Crippen LogP contribution in [0.4, 0.5) is 0 Å². The molecule has 0 saturated heterocycles. The van der Waals surface area contributed by atoms with Gasteiger partial charge in [-0.1, -0.05) is 18.1 Å². The molecule has 116 valence electrons. The molecule has 0 spiro atoms. The zero-order valence-electron chi connectivity index (χ0n) is 13.0. The second-order valence-electron chi connectivity index (χ2n) is 5.37. The van der Waals surface area contributed by atoms with Gasteiger partial charge in [-0.25, -0.2) is 9.97 Å². The number of nitrogens with zero attached hydrogens (tertiary/aromatic N) is 2. The van der Waals surface area contributed by atoms with Crippen LogP contribution in [0.5, 0.6) is 0 Å². The molecule has 0 fully saturated rings. The molecule has 2 heterocycles. The van der Waals surface area contributed by atoms with E-state index in [9.17, 15) is 4.79 Å². The molecule has 0 aliphatic rings. The van der Waals surface area contributed by atoms with E-state index in [1.807, 2.05) is 38.1 Å². The molecule has 0 radical (unpaired) electrons. The zero-order chi connectivity index (χ0) is 16.2. The lowest BCUT2D eigenvalue weighted by molar-refractivity contribution is 0.0931. The maximum atomic E-state index is 12.2. The fourth-order valence-corrected chi connectivity index (χ4v) is 2.19. The number of hydrogen-bond donors (Lipinski definition) is 3. The van der Waals surface area contributed by atoms with Crippen molar-refractivity contribution in [2.45, 2.75) is 26.3 Å². The van der Waals surface area contributed by atoms with Crippen LogP contribution < -0.4 is 5.32 Å². The molecule has 0 unspecified atom stereocenters. The molecule has 3 N–H and O–H groups in total. The molecule has 3 rings (SSSR count). The summed E-state index contributed by atoms with van der Waals surface area (Å²) in [7, 11) is 0. The van der Waals surface area contributed by atoms with Gasteiger partial charge in [0.05, 0.1) is 17.2 Å². The monoisotopic (exact) mass is 307 g/mol. The van der Waals surface area contributed by atoms with Gasteiger partial charge in [0.1, 0.15) is 11.5 Å². The van der Waals surface area contributed by atoms with Crippen LogP contribution in [0.1, 0.15) is 35.5 Å². The minimum atomic E-state index is -0.229. The number of amides is 1. The van der Waals surface area contributed by atoms with E-state index in [4.69, 9.17) is 0 Å². The number of rotatable bonds is 3. The van der Waals surface area contributed by atoms with Crippen molar-refractivity contribution in [3.63, 3.8) is 0 Å². The van der Waals surface area contributed by atoms with E-state index < -0.39 is 0 Å². The number of aryl methyl sites for hydroxylation is 1. The molecule has 6 heteroatoms. The predicted octanol–water partition coefficient (Wildman–Crippen LogP) is 2.15. The summed E-state index contributed by atoms with van der Waals surface area (Å²) in [5.74, 6) is 6.94. The smallest absolute Gasteiger partial charge is 0.287 e. The molecule has 6 nitrogen and oxygen atoms in total. The lowest BCUT2D eigenvalue weighted by atomic mass is 10.2. The van der Waals surface area contributed by atoms with Crippen molar-refractivity contribution in [2.75, 3.05) is 0 Å². The number of aromatic amines is 2. The number of para-hydroxylation sites is 2. The summed E-state index contributed by atoms with van der Waals surface area (Å²) < 4.78 is 0. The summed E-state index contributed by atoms with van der Waals surface area (Å²) in [6.07, 6.45) is 2.24. The SMILES string of the molecule is Cc1ncc(C#CC[C@H](C)NC(=O)c2nc3ccccc3[nH]2)[nH]1. The van der Waals surface area contributed by atoms with Crippen molar-refractivity contribution in [3.8, 4) is 11.8 Å². The molecular formula is C17H17N5O. The number of benzene rings is 1. The van der Waals surface area contributed by atoms with Crippen LogP contribution in [0.3, 0.4) is 0 Å². The van der Waals surface area contributed by atoms with Gasteiger partial charge in [0.25, 0.3) is 5.91 Å². The first-order valence-electron chi connectivity index (χ1n) is 7.38. The Kier molecular flexibility index (Phi) is 4.11. The van der Waals surface area contributed by atoms with Gasteiger partial charge in [-0.2, -0.15) is 0 Å². The number of nitrogens with one attached hydrogen (secondary N) is 3. The molecule has 23 heavy (non-hydrogen) atoms. The van der Waals surface area contributed by atoms with Crippen LogP contribution in [0.2, 0.25) is 0 Å². The van der Waals surface area contributed by atoms with Gasteiger partial charge in [-0.15, -0.1) is 0 Å². The van der Waals surface area contributed by atoms with Gasteiger partial charge in [0.2, 0.25) is 0 Å². The number of hydrogen-bond acceptors (Lipinski definition) is 3. The van der Waals surface area contributed by atoms with Gasteiger partial charge in [0.15, 0.2) is 5.82 Å². The Balaban J connectivity index is 1.60. The number of aromatic nitrogens is 4. The van der Waals surface area contributed by atoms with Crippen LogP contribution >= 0.6 is 0 Å². The predicted molar refractivity (Wildman–Crippen MR) is 87.8 cm³/mol. The van der Waals surface area contributed by atoms with E-state index in [1.54, 1.807) is 6.20 Å². The zero-order valence-corrected chi connectivity index (χ0v) is 13.0. The van der Waals surface area contributed by atoms with Crippen molar-refractivity contribution in [2.24, 2.45) is 0 Å². The Morgan fingerprint density at radius 2 is 2.17 bits per heavy atom. The summed E-state index contributed by atoms with van der Waals surface area (Å²) in [6, 6.07) is 7.47. The highest BCUT2D eigenvalue weighted by Gasteiger charge is 2.13. The summed E-state index contributed by atoms with van der Waals surface area (Å²) in [4.78, 5) is 26.6. The minimum absolute atomic E-state index is 0.0766. The van der Waals surface area contributed by atoms with Crippen LogP contribution in [-0.4, -0.2) is 31.9 Å². The number of H-pyrrole nitrogens is 2. The standard InChI is InChI=1S/C17H17N5O/c1-11(6-5-7-13-10-18-12(2)20-13)19-17(23)16-21-14-8-3-4-9-15(14)22-16/h3-4,8-11H,6H2,1-2H3,(H,18,20)(H,19,23)(H,21,22)/t11-/m0/s1. The van der Waals surface area contributed by atoms with E-state index in [1.165, 1.54) is 0 Å². The molecule has 0 saturated carbocycles. The number of carbonyl (C=O) groups excluding carboxylic acids is 1. The van der Waals surface area contributed by atoms with Gasteiger partial charge >= 0.3 is 0 Å². The van der Waals surface area contributed by atoms with E-state index in [0.29, 0.717) is 12.2 Å². The van der Waals surface area contributed by atoms with Crippen molar-refractivity contribution in [1.29, 1.82) is 0 Å². The average Bonchev–Trinajstić information content (AvgIpc) is 3.13. The maximum absolute atomic E-state index is 12.2. The minimum Gasteiger partial charge on any atom is -0.346 e. The molecule has 0 aliphatic heterocycles. The topological polar surface area (TPSA) is 86.5 Å². The first-order chi connectivity index (χ1) is 11.1. The Labute approximate surface area is 133 Å². The molecule has 1 atom stereocenters. The van der Waals surface area contributed by atoms with Crippen molar-refractivity contribution < 1.29 is 4.79 Å². The summed E-state index contributed by atoms with van der Waals surface area (Å²) in [6.45, 7) is 3.79. The van der Waals surface area contributed by atoms with Crippen LogP contribution in [0.25, 0.3) is 11.0 Å². The molecule has 1 amide bonds. The molecule has 0 bridgehead atoms. The summed E-state index contributed by atoms with van der Waals surface area (Å²) >= 11 is 0. The molecule has 2 aromatic heterocycles. The van der Waals surface area contributed by atoms with Gasteiger partial charge in [-0.3, -0.25) is 4.79 Å². The maximum Gasteiger partial charge on any atom is 0.287 e. The van der Waals surface area contributed by atoms with Gasteiger partial charge in [0, 0.05) is 12.5 Å². The summed E-state index contributed by atoms with van der Waals surface area (Å²) in [5, 5.41) is 2.89. The first kappa shape index (κ1) is 14.9. The lowest BCUT2D eigenvalue weighted by Gasteiger charge is -2.08.